The summed E-state index contributed by atoms with van der Waals surface area (Å²) >= 11 is 0. The van der Waals surface area contributed by atoms with Crippen LogP contribution in [0.4, 0.5) is 5.69 Å². The van der Waals surface area contributed by atoms with Crippen LogP contribution in [0.5, 0.6) is 0 Å². The van der Waals surface area contributed by atoms with Crippen molar-refractivity contribution >= 4 is 23.4 Å². The van der Waals surface area contributed by atoms with E-state index in [9.17, 15) is 14.4 Å². The second kappa shape index (κ2) is 17.1. The molecule has 12 nitrogen and oxygen atoms in total. The number of nitrogens with zero attached hydrogens (tertiary/aromatic N) is 4. The maximum atomic E-state index is 13.7. The molecule has 12 heteroatoms. The summed E-state index contributed by atoms with van der Waals surface area (Å²) in [6.45, 7) is 9.09. The van der Waals surface area contributed by atoms with E-state index in [2.05, 4.69) is 55.3 Å². The molecule has 1 aliphatic carbocycles. The number of H-pyrrole nitrogens is 1. The maximum Gasteiger partial charge on any atom is 0.251 e. The summed E-state index contributed by atoms with van der Waals surface area (Å²) in [6.07, 6.45) is 5.63. The quantitative estimate of drug-likeness (QED) is 0.139. The van der Waals surface area contributed by atoms with Crippen LogP contribution in [0.1, 0.15) is 73.9 Å². The van der Waals surface area contributed by atoms with E-state index in [-0.39, 0.29) is 29.7 Å². The summed E-state index contributed by atoms with van der Waals surface area (Å²) < 4.78 is 0. The Morgan fingerprint density at radius 2 is 1.60 bits per heavy atom. The topological polar surface area (TPSA) is 171 Å². The fourth-order valence-corrected chi connectivity index (χ4v) is 7.39. The Balaban J connectivity index is 1.11. The van der Waals surface area contributed by atoms with Gasteiger partial charge in [-0.2, -0.15) is 5.21 Å². The number of benzene rings is 3. The maximum absolute atomic E-state index is 13.7. The molecule has 6 N–H and O–H groups in total. The SMILES string of the molecule is Cc1cc(C(=O)NC2CCN(C(C)C)CC2)ccc1-c1ccc(CC(NC(=O)C2CCC(CN)CC2)C(=O)Nc2ccc(-c3nn[nH]n3)cc2)cc1. The molecule has 2 aliphatic rings. The van der Waals surface area contributed by atoms with E-state index in [1.165, 1.54) is 0 Å². The van der Waals surface area contributed by atoms with Gasteiger partial charge in [0.25, 0.3) is 5.91 Å². The van der Waals surface area contributed by atoms with E-state index in [1.54, 1.807) is 24.3 Å². The van der Waals surface area contributed by atoms with Gasteiger partial charge in [0.05, 0.1) is 0 Å². The lowest BCUT2D eigenvalue weighted by molar-refractivity contribution is -0.130. The standard InChI is InChI=1S/C40H51N9O3/c1-25(2)49-20-18-34(19-21-49)42-39(51)32-14-17-35(26(3)22-32)29-8-4-27(5-9-29)23-36(44-38(50)31-10-6-28(24-41)7-11-31)40(52)43-33-15-12-30(13-16-33)37-45-47-48-46-37/h4-5,8-9,12-17,22,25,28,31,34,36H,6-7,10-11,18-21,23-24,41H2,1-3H3,(H,42,51)(H,43,52)(H,44,50)(H,45,46,47,48). The number of aryl methyl sites for hydroxylation is 1. The molecule has 0 bridgehead atoms. The van der Waals surface area contributed by atoms with E-state index < -0.39 is 6.04 Å². The van der Waals surface area contributed by atoms with E-state index in [1.807, 2.05) is 49.4 Å². The van der Waals surface area contributed by atoms with Gasteiger partial charge in [-0.05, 0) is 136 Å². The number of carbonyl (C=O) groups is 3. The highest BCUT2D eigenvalue weighted by Crippen LogP contribution is 2.29. The number of aromatic nitrogens is 4. The molecule has 0 radical (unpaired) electrons. The van der Waals surface area contributed by atoms with Crippen molar-refractivity contribution < 1.29 is 14.4 Å². The zero-order valence-electron chi connectivity index (χ0n) is 30.4. The van der Waals surface area contributed by atoms with Gasteiger partial charge in [-0.25, -0.2) is 0 Å². The number of likely N-dealkylation sites (tertiary alicyclic amines) is 1. The average molecular weight is 706 g/mol. The van der Waals surface area contributed by atoms with Crippen molar-refractivity contribution in [2.24, 2.45) is 17.6 Å². The fourth-order valence-electron chi connectivity index (χ4n) is 7.39. The predicted molar refractivity (Wildman–Crippen MR) is 202 cm³/mol. The van der Waals surface area contributed by atoms with E-state index in [4.69, 9.17) is 5.73 Å². The monoisotopic (exact) mass is 705 g/mol. The lowest BCUT2D eigenvalue weighted by Gasteiger charge is -2.34. The second-order valence-corrected chi connectivity index (χ2v) is 14.6. The number of nitrogens with one attached hydrogen (secondary N) is 4. The summed E-state index contributed by atoms with van der Waals surface area (Å²) in [6, 6.07) is 21.0. The van der Waals surface area contributed by atoms with Gasteiger partial charge in [-0.15, -0.1) is 10.2 Å². The first kappa shape index (κ1) is 36.8. The van der Waals surface area contributed by atoms with Gasteiger partial charge in [0.1, 0.15) is 6.04 Å². The van der Waals surface area contributed by atoms with Gasteiger partial charge in [0, 0.05) is 54.3 Å². The number of tetrazole rings is 1. The summed E-state index contributed by atoms with van der Waals surface area (Å²) in [5.41, 5.74) is 11.9. The number of hydrogen-bond donors (Lipinski definition) is 5. The number of aromatic amines is 1. The van der Waals surface area contributed by atoms with Crippen LogP contribution in [0.2, 0.25) is 0 Å². The lowest BCUT2D eigenvalue weighted by Crippen LogP contribution is -2.48. The number of piperidine rings is 1. The first-order valence-electron chi connectivity index (χ1n) is 18.6. The van der Waals surface area contributed by atoms with Crippen molar-refractivity contribution in [1.29, 1.82) is 0 Å². The molecule has 2 fully saturated rings. The third kappa shape index (κ3) is 9.29. The molecule has 2 heterocycles. The normalized spacial score (nSPS) is 18.9. The summed E-state index contributed by atoms with van der Waals surface area (Å²) in [4.78, 5) is 42.7. The summed E-state index contributed by atoms with van der Waals surface area (Å²) in [5.74, 6) is 0.346. The summed E-state index contributed by atoms with van der Waals surface area (Å²) in [5, 5.41) is 23.3. The Hall–Kier alpha value is -4.94. The van der Waals surface area contributed by atoms with Gasteiger partial charge in [-0.1, -0.05) is 30.3 Å². The number of nitrogens with two attached hydrogens (primary N) is 1. The van der Waals surface area contributed by atoms with Crippen molar-refractivity contribution in [3.8, 4) is 22.5 Å². The van der Waals surface area contributed by atoms with Crippen LogP contribution in [-0.4, -0.2) is 81.0 Å². The Morgan fingerprint density at radius 1 is 0.904 bits per heavy atom. The highest BCUT2D eigenvalue weighted by molar-refractivity contribution is 5.98. The van der Waals surface area contributed by atoms with Gasteiger partial charge < -0.3 is 26.6 Å². The third-order valence-corrected chi connectivity index (χ3v) is 10.7. The molecule has 274 valence electrons. The van der Waals surface area contributed by atoms with E-state index in [0.29, 0.717) is 42.0 Å². The molecular weight excluding hydrogens is 654 g/mol. The van der Waals surface area contributed by atoms with Gasteiger partial charge in [-0.3, -0.25) is 14.4 Å². The van der Waals surface area contributed by atoms with Crippen LogP contribution < -0.4 is 21.7 Å². The van der Waals surface area contributed by atoms with Gasteiger partial charge >= 0.3 is 0 Å². The van der Waals surface area contributed by atoms with Crippen molar-refractivity contribution in [3.05, 3.63) is 83.4 Å². The highest BCUT2D eigenvalue weighted by atomic mass is 16.2. The molecule has 1 unspecified atom stereocenters. The number of amides is 3. The molecule has 0 spiro atoms. The first-order valence-corrected chi connectivity index (χ1v) is 18.6. The Morgan fingerprint density at radius 3 is 2.21 bits per heavy atom. The number of anilines is 1. The van der Waals surface area contributed by atoms with Crippen LogP contribution in [0.15, 0.2) is 66.7 Å². The molecule has 1 aliphatic heterocycles. The van der Waals surface area contributed by atoms with Crippen LogP contribution in [0, 0.1) is 18.8 Å². The van der Waals surface area contributed by atoms with Crippen LogP contribution >= 0.6 is 0 Å². The molecule has 4 aromatic rings. The van der Waals surface area contributed by atoms with Crippen LogP contribution in [0.3, 0.4) is 0 Å². The van der Waals surface area contributed by atoms with Crippen LogP contribution in [-0.2, 0) is 16.0 Å². The average Bonchev–Trinajstić information content (AvgIpc) is 3.71. The molecule has 1 saturated carbocycles. The number of rotatable bonds is 12. The Kier molecular flexibility index (Phi) is 12.1. The minimum Gasteiger partial charge on any atom is -0.349 e. The Bertz CT molecular complexity index is 1790. The smallest absolute Gasteiger partial charge is 0.251 e. The predicted octanol–water partition coefficient (Wildman–Crippen LogP) is 4.88. The molecule has 3 amide bonds. The van der Waals surface area contributed by atoms with Crippen molar-refractivity contribution in [2.45, 2.75) is 83.8 Å². The van der Waals surface area contributed by atoms with Gasteiger partial charge in [0.2, 0.25) is 17.6 Å². The third-order valence-electron chi connectivity index (χ3n) is 10.7. The number of hydrogen-bond acceptors (Lipinski definition) is 8. The van der Waals surface area contributed by atoms with E-state index in [0.717, 1.165) is 79.4 Å². The minimum atomic E-state index is -0.778. The molecule has 1 aromatic heterocycles. The molecule has 1 saturated heterocycles. The largest absolute Gasteiger partial charge is 0.349 e. The van der Waals surface area contributed by atoms with Crippen molar-refractivity contribution in [1.82, 2.24) is 36.2 Å². The molecule has 3 aromatic carbocycles. The van der Waals surface area contributed by atoms with Crippen molar-refractivity contribution in [2.75, 3.05) is 25.0 Å². The zero-order valence-corrected chi connectivity index (χ0v) is 30.4. The minimum absolute atomic E-state index is 0.0327. The lowest BCUT2D eigenvalue weighted by atomic mass is 9.81. The Labute approximate surface area is 305 Å². The van der Waals surface area contributed by atoms with E-state index >= 15 is 0 Å². The first-order chi connectivity index (χ1) is 25.2. The second-order valence-electron chi connectivity index (χ2n) is 14.6. The molecule has 6 rings (SSSR count). The highest BCUT2D eigenvalue weighted by Gasteiger charge is 2.30. The zero-order chi connectivity index (χ0) is 36.6. The van der Waals surface area contributed by atoms with Crippen LogP contribution in [0.25, 0.3) is 22.5 Å². The fraction of sp³-hybridized carbons (Fsp3) is 0.450. The van der Waals surface area contributed by atoms with Gasteiger partial charge in [0.15, 0.2) is 0 Å². The molecular formula is C40H51N9O3. The van der Waals surface area contributed by atoms with Crippen molar-refractivity contribution in [3.63, 3.8) is 0 Å². The molecule has 52 heavy (non-hydrogen) atoms. The number of carbonyl (C=O) groups excluding carboxylic acids is 3. The molecule has 1 atom stereocenters. The summed E-state index contributed by atoms with van der Waals surface area (Å²) in [7, 11) is 0.